The predicted molar refractivity (Wildman–Crippen MR) is 136 cm³/mol. The number of benzene rings is 4. The summed E-state index contributed by atoms with van der Waals surface area (Å²) in [5.74, 6) is 0.690. The Hall–Kier alpha value is -3.43. The van der Waals surface area contributed by atoms with Gasteiger partial charge in [0.05, 0.1) is 16.7 Å². The quantitative estimate of drug-likeness (QED) is 0.241. The maximum Gasteiger partial charge on any atom is 0.131 e. The van der Waals surface area contributed by atoms with Gasteiger partial charge in [-0.15, -0.1) is 0 Å². The molecule has 4 aromatic carbocycles. The van der Waals surface area contributed by atoms with Gasteiger partial charge >= 0.3 is 0 Å². The van der Waals surface area contributed by atoms with Crippen LogP contribution in [0.1, 0.15) is 16.7 Å². The molecular weight excluding hydrogens is 444 g/mol. The molecule has 0 radical (unpaired) electrons. The van der Waals surface area contributed by atoms with Crippen molar-refractivity contribution in [2.75, 3.05) is 0 Å². The number of fused-ring (bicyclic) bond motifs is 3. The monoisotopic (exact) mass is 464 g/mol. The second kappa shape index (κ2) is 8.01. The van der Waals surface area contributed by atoms with Gasteiger partial charge in [-0.3, -0.25) is 4.57 Å². The van der Waals surface area contributed by atoms with Crippen LogP contribution >= 0.6 is 15.9 Å². The molecule has 1 aromatic heterocycles. The number of para-hydroxylation sites is 1. The van der Waals surface area contributed by atoms with Gasteiger partial charge in [0, 0.05) is 26.4 Å². The molecule has 0 unspecified atom stereocenters. The number of aryl methyl sites for hydroxylation is 1. The number of rotatable bonds is 4. The first kappa shape index (κ1) is 19.5. The van der Waals surface area contributed by atoms with Crippen LogP contribution < -0.4 is 0 Å². The number of hydrogen-bond acceptors (Lipinski definition) is 1. The second-order valence-corrected chi connectivity index (χ2v) is 8.49. The van der Waals surface area contributed by atoms with Crippen LogP contribution in [0.2, 0.25) is 0 Å². The fourth-order valence-electron chi connectivity index (χ4n) is 4.12. The average molecular weight is 465 g/mol. The molecule has 2 nitrogen and oxygen atoms in total. The van der Waals surface area contributed by atoms with Gasteiger partial charge < -0.3 is 0 Å². The lowest BCUT2D eigenvalue weighted by Gasteiger charge is -2.13. The van der Waals surface area contributed by atoms with E-state index in [1.165, 1.54) is 16.3 Å². The summed E-state index contributed by atoms with van der Waals surface area (Å²) in [7, 11) is 0. The van der Waals surface area contributed by atoms with Crippen molar-refractivity contribution in [3.05, 3.63) is 125 Å². The zero-order valence-corrected chi connectivity index (χ0v) is 18.8. The Kier molecular flexibility index (Phi) is 5.05. The van der Waals surface area contributed by atoms with E-state index in [0.29, 0.717) is 5.82 Å². The Labute approximate surface area is 190 Å². The first-order valence-electron chi connectivity index (χ1n) is 10.2. The van der Waals surface area contributed by atoms with Crippen molar-refractivity contribution in [2.45, 2.75) is 6.92 Å². The molecule has 150 valence electrons. The molecule has 3 heteroatoms. The van der Waals surface area contributed by atoms with Gasteiger partial charge in [0.25, 0.3) is 0 Å². The van der Waals surface area contributed by atoms with Gasteiger partial charge in [-0.2, -0.15) is 0 Å². The van der Waals surface area contributed by atoms with E-state index in [4.69, 9.17) is 4.99 Å². The Balaban J connectivity index is 1.76. The molecule has 5 rings (SSSR count). The summed E-state index contributed by atoms with van der Waals surface area (Å²) in [5, 5.41) is 2.37. The van der Waals surface area contributed by atoms with Crippen molar-refractivity contribution in [1.29, 1.82) is 0 Å². The van der Waals surface area contributed by atoms with Crippen LogP contribution in [-0.4, -0.2) is 10.3 Å². The molecule has 0 atom stereocenters. The molecule has 31 heavy (non-hydrogen) atoms. The van der Waals surface area contributed by atoms with E-state index in [1.54, 1.807) is 0 Å². The lowest BCUT2D eigenvalue weighted by atomic mass is 9.98. The Morgan fingerprint density at radius 3 is 2.26 bits per heavy atom. The van der Waals surface area contributed by atoms with Gasteiger partial charge in [0.2, 0.25) is 0 Å². The number of aromatic nitrogens is 1. The smallest absolute Gasteiger partial charge is 0.131 e. The van der Waals surface area contributed by atoms with E-state index < -0.39 is 0 Å². The van der Waals surface area contributed by atoms with Crippen molar-refractivity contribution < 1.29 is 0 Å². The van der Waals surface area contributed by atoms with Crippen LogP contribution in [0.15, 0.2) is 113 Å². The highest BCUT2D eigenvalue weighted by Gasteiger charge is 2.15. The molecule has 5 aromatic rings. The standard InChI is InChI=1S/C28H21BrN2/c1-19-10-6-7-13-23(19)28(21-11-4-3-5-12-21)30-20(2)31-26-15-9-8-14-24(26)25-18-22(29)16-17-27(25)31/h3-18H,2H2,1H3. The fourth-order valence-corrected chi connectivity index (χ4v) is 4.48. The summed E-state index contributed by atoms with van der Waals surface area (Å²) in [6, 6.07) is 33.4. The highest BCUT2D eigenvalue weighted by Crippen LogP contribution is 2.33. The van der Waals surface area contributed by atoms with Gasteiger partial charge in [-0.25, -0.2) is 4.99 Å². The largest absolute Gasteiger partial charge is 0.294 e. The van der Waals surface area contributed by atoms with E-state index in [2.05, 4.69) is 113 Å². The van der Waals surface area contributed by atoms with Gasteiger partial charge in [0.1, 0.15) is 5.82 Å². The fraction of sp³-hybridized carbons (Fsp3) is 0.0357. The first-order valence-corrected chi connectivity index (χ1v) is 11.0. The lowest BCUT2D eigenvalue weighted by molar-refractivity contribution is 1.18. The molecule has 0 saturated heterocycles. The van der Waals surface area contributed by atoms with Gasteiger partial charge in [-0.05, 0) is 36.8 Å². The Bertz CT molecular complexity index is 1460. The minimum atomic E-state index is 0.690. The molecule has 1 heterocycles. The predicted octanol–water partition coefficient (Wildman–Crippen LogP) is 7.83. The van der Waals surface area contributed by atoms with E-state index in [-0.39, 0.29) is 0 Å². The van der Waals surface area contributed by atoms with Crippen LogP contribution in [0.25, 0.3) is 27.6 Å². The lowest BCUT2D eigenvalue weighted by Crippen LogP contribution is -2.07. The van der Waals surface area contributed by atoms with Gasteiger partial charge in [0.15, 0.2) is 0 Å². The number of nitrogens with zero attached hydrogens (tertiary/aromatic N) is 2. The normalized spacial score (nSPS) is 11.9. The number of aliphatic imine (C=N–C) groups is 1. The van der Waals surface area contributed by atoms with Crippen molar-refractivity contribution in [2.24, 2.45) is 4.99 Å². The average Bonchev–Trinajstić information content (AvgIpc) is 3.12. The minimum Gasteiger partial charge on any atom is -0.294 e. The summed E-state index contributed by atoms with van der Waals surface area (Å²) in [6.45, 7) is 6.52. The van der Waals surface area contributed by atoms with Crippen LogP contribution in [0.3, 0.4) is 0 Å². The maximum absolute atomic E-state index is 5.12. The topological polar surface area (TPSA) is 17.3 Å². The number of hydrogen-bond donors (Lipinski definition) is 0. The molecule has 0 bridgehead atoms. The first-order chi connectivity index (χ1) is 15.1. The highest BCUT2D eigenvalue weighted by molar-refractivity contribution is 9.10. The van der Waals surface area contributed by atoms with Crippen LogP contribution in [0, 0.1) is 6.92 Å². The van der Waals surface area contributed by atoms with Crippen molar-refractivity contribution in [3.8, 4) is 0 Å². The van der Waals surface area contributed by atoms with E-state index in [9.17, 15) is 0 Å². The summed E-state index contributed by atoms with van der Waals surface area (Å²) < 4.78 is 3.21. The van der Waals surface area contributed by atoms with E-state index in [1.807, 2.05) is 18.2 Å². The molecular formula is C28H21BrN2. The third-order valence-corrected chi connectivity index (χ3v) is 6.07. The van der Waals surface area contributed by atoms with E-state index >= 15 is 0 Å². The Morgan fingerprint density at radius 2 is 1.45 bits per heavy atom. The summed E-state index contributed by atoms with van der Waals surface area (Å²) in [6.07, 6.45) is 0. The van der Waals surface area contributed by atoms with Crippen LogP contribution in [0.5, 0.6) is 0 Å². The zero-order valence-electron chi connectivity index (χ0n) is 17.2. The number of halogens is 1. The van der Waals surface area contributed by atoms with Crippen LogP contribution in [-0.2, 0) is 0 Å². The van der Waals surface area contributed by atoms with Crippen molar-refractivity contribution in [1.82, 2.24) is 4.57 Å². The van der Waals surface area contributed by atoms with Crippen molar-refractivity contribution >= 4 is 49.3 Å². The SMILES string of the molecule is C=C(N=C(c1ccccc1)c1ccccc1C)n1c2ccccc2c2cc(Br)ccc21. The molecule has 0 aliphatic heterocycles. The molecule has 0 N–H and O–H groups in total. The summed E-state index contributed by atoms with van der Waals surface area (Å²) >= 11 is 3.61. The minimum absolute atomic E-state index is 0.690. The second-order valence-electron chi connectivity index (χ2n) is 7.57. The Morgan fingerprint density at radius 1 is 0.774 bits per heavy atom. The van der Waals surface area contributed by atoms with Crippen molar-refractivity contribution in [3.63, 3.8) is 0 Å². The third-order valence-electron chi connectivity index (χ3n) is 5.58. The van der Waals surface area contributed by atoms with Gasteiger partial charge in [-0.1, -0.05) is 95.3 Å². The summed E-state index contributed by atoms with van der Waals surface area (Å²) in [4.78, 5) is 5.12. The molecule has 0 fully saturated rings. The molecule has 0 aliphatic carbocycles. The summed E-state index contributed by atoms with van der Waals surface area (Å²) in [5.41, 5.74) is 6.48. The molecule has 0 saturated carbocycles. The highest BCUT2D eigenvalue weighted by atomic mass is 79.9. The molecule has 0 spiro atoms. The zero-order chi connectivity index (χ0) is 21.4. The van der Waals surface area contributed by atoms with E-state index in [0.717, 1.165) is 32.3 Å². The third kappa shape index (κ3) is 3.51. The van der Waals surface area contributed by atoms with Crippen LogP contribution in [0.4, 0.5) is 0 Å². The molecule has 0 amide bonds. The maximum atomic E-state index is 5.12. The molecule has 0 aliphatic rings.